The van der Waals surface area contributed by atoms with Gasteiger partial charge in [0.2, 0.25) is 0 Å². The Kier molecular flexibility index (Phi) is 5.68. The van der Waals surface area contributed by atoms with Crippen molar-refractivity contribution in [3.63, 3.8) is 0 Å². The van der Waals surface area contributed by atoms with Crippen molar-refractivity contribution < 1.29 is 18.0 Å². The summed E-state index contributed by atoms with van der Waals surface area (Å²) in [6.07, 6.45) is -0.112. The number of nitrogens with zero attached hydrogens (tertiary/aromatic N) is 2. The zero-order valence-corrected chi connectivity index (χ0v) is 14.9. The first kappa shape index (κ1) is 19.2. The maximum absolute atomic E-state index is 13.1. The van der Waals surface area contributed by atoms with Gasteiger partial charge in [-0.15, -0.1) is 0 Å². The maximum atomic E-state index is 13.1. The van der Waals surface area contributed by atoms with E-state index in [1.165, 1.54) is 18.3 Å². The molecule has 4 nitrogen and oxygen atoms in total. The molecule has 1 aromatic carbocycles. The van der Waals surface area contributed by atoms with Crippen molar-refractivity contribution in [1.29, 1.82) is 0 Å². The van der Waals surface area contributed by atoms with Crippen LogP contribution in [0.3, 0.4) is 0 Å². The molecule has 1 fully saturated rings. The lowest BCUT2D eigenvalue weighted by Crippen LogP contribution is -2.40. The summed E-state index contributed by atoms with van der Waals surface area (Å²) in [7, 11) is 0. The minimum atomic E-state index is -4.34. The van der Waals surface area contributed by atoms with E-state index in [-0.39, 0.29) is 17.6 Å². The number of alkyl halides is 3. The van der Waals surface area contributed by atoms with E-state index in [0.717, 1.165) is 18.9 Å². The van der Waals surface area contributed by atoms with Crippen molar-refractivity contribution in [3.8, 4) is 0 Å². The van der Waals surface area contributed by atoms with Crippen molar-refractivity contribution in [2.45, 2.75) is 31.9 Å². The van der Waals surface area contributed by atoms with Gasteiger partial charge in [-0.25, -0.2) is 4.98 Å². The number of hydrogen-bond donors (Lipinski definition) is 1. The number of carbonyl (C=O) groups is 1. The summed E-state index contributed by atoms with van der Waals surface area (Å²) >= 11 is 0. The molecule has 0 radical (unpaired) electrons. The van der Waals surface area contributed by atoms with E-state index in [1.807, 2.05) is 0 Å². The number of halogens is 3. The summed E-state index contributed by atoms with van der Waals surface area (Å²) in [6.45, 7) is 1.20. The Bertz CT molecular complexity index is 807. The molecule has 1 unspecified atom stereocenters. The number of nitrogen functional groups attached to an aromatic ring is 1. The van der Waals surface area contributed by atoms with E-state index in [9.17, 15) is 18.0 Å². The third kappa shape index (κ3) is 4.78. The monoisotopic (exact) mass is 377 g/mol. The molecule has 0 bridgehead atoms. The van der Waals surface area contributed by atoms with E-state index >= 15 is 0 Å². The van der Waals surface area contributed by atoms with Gasteiger partial charge < -0.3 is 10.6 Å². The molecule has 3 rings (SSSR count). The number of hydrogen-bond acceptors (Lipinski definition) is 3. The molecule has 0 saturated carbocycles. The Morgan fingerprint density at radius 1 is 1.26 bits per heavy atom. The zero-order chi connectivity index (χ0) is 19.4. The number of piperidine rings is 1. The molecule has 0 spiro atoms. The Morgan fingerprint density at radius 3 is 2.78 bits per heavy atom. The third-order valence-electron chi connectivity index (χ3n) is 4.98. The summed E-state index contributed by atoms with van der Waals surface area (Å²) in [5.41, 5.74) is 5.88. The largest absolute Gasteiger partial charge is 0.416 e. The lowest BCUT2D eigenvalue weighted by Gasteiger charge is -2.33. The molecule has 2 heterocycles. The number of pyridine rings is 1. The first-order valence-electron chi connectivity index (χ1n) is 9.00. The lowest BCUT2D eigenvalue weighted by atomic mass is 9.90. The number of rotatable bonds is 4. The number of benzene rings is 1. The molecule has 144 valence electrons. The number of nitrogens with two attached hydrogens (primary N) is 1. The van der Waals surface area contributed by atoms with Crippen molar-refractivity contribution in [2.75, 3.05) is 18.8 Å². The van der Waals surface area contributed by atoms with Gasteiger partial charge in [-0.3, -0.25) is 4.79 Å². The molecule has 1 aliphatic rings. The number of aromatic nitrogens is 1. The van der Waals surface area contributed by atoms with Gasteiger partial charge in [0.05, 0.1) is 5.56 Å². The van der Waals surface area contributed by atoms with Crippen LogP contribution in [-0.4, -0.2) is 28.9 Å². The molecule has 7 heteroatoms. The van der Waals surface area contributed by atoms with Crippen LogP contribution in [0.5, 0.6) is 0 Å². The summed E-state index contributed by atoms with van der Waals surface area (Å²) < 4.78 is 39.4. The summed E-state index contributed by atoms with van der Waals surface area (Å²) in [5, 5.41) is 0. The van der Waals surface area contributed by atoms with Gasteiger partial charge in [0.25, 0.3) is 5.91 Å². The van der Waals surface area contributed by atoms with Crippen molar-refractivity contribution in [1.82, 2.24) is 9.88 Å². The Hall–Kier alpha value is -2.57. The first-order chi connectivity index (χ1) is 12.8. The van der Waals surface area contributed by atoms with Crippen molar-refractivity contribution >= 4 is 11.7 Å². The molecular weight excluding hydrogens is 355 g/mol. The van der Waals surface area contributed by atoms with Gasteiger partial charge in [-0.05, 0) is 55.4 Å². The Labute approximate surface area is 156 Å². The van der Waals surface area contributed by atoms with Crippen molar-refractivity contribution in [3.05, 3.63) is 59.3 Å². The highest BCUT2D eigenvalue weighted by Crippen LogP contribution is 2.33. The highest BCUT2D eigenvalue weighted by molar-refractivity contribution is 5.94. The van der Waals surface area contributed by atoms with Crippen LogP contribution in [-0.2, 0) is 12.6 Å². The summed E-state index contributed by atoms with van der Waals surface area (Å²) in [6, 6.07) is 8.88. The molecule has 1 atom stereocenters. The lowest BCUT2D eigenvalue weighted by molar-refractivity contribution is -0.138. The van der Waals surface area contributed by atoms with Crippen LogP contribution in [0.2, 0.25) is 0 Å². The predicted molar refractivity (Wildman–Crippen MR) is 97.0 cm³/mol. The van der Waals surface area contributed by atoms with Gasteiger partial charge in [0, 0.05) is 24.8 Å². The maximum Gasteiger partial charge on any atom is 0.416 e. The number of amides is 1. The second-order valence-electron chi connectivity index (χ2n) is 6.92. The highest BCUT2D eigenvalue weighted by atomic mass is 19.4. The summed E-state index contributed by atoms with van der Waals surface area (Å²) in [4.78, 5) is 18.3. The average Bonchev–Trinajstić information content (AvgIpc) is 2.65. The topological polar surface area (TPSA) is 59.2 Å². The first-order valence-corrected chi connectivity index (χ1v) is 9.00. The zero-order valence-electron chi connectivity index (χ0n) is 14.9. The molecule has 1 aliphatic heterocycles. The fraction of sp³-hybridized carbons (Fsp3) is 0.400. The molecule has 1 saturated heterocycles. The van der Waals surface area contributed by atoms with E-state index in [0.29, 0.717) is 37.1 Å². The molecule has 27 heavy (non-hydrogen) atoms. The fourth-order valence-electron chi connectivity index (χ4n) is 3.62. The average molecular weight is 377 g/mol. The smallest absolute Gasteiger partial charge is 0.384 e. The van der Waals surface area contributed by atoms with Crippen LogP contribution in [0.25, 0.3) is 0 Å². The van der Waals surface area contributed by atoms with Crippen LogP contribution in [0.4, 0.5) is 19.0 Å². The number of carbonyl (C=O) groups excluding carboxylic acids is 1. The molecule has 0 aliphatic carbocycles. The van der Waals surface area contributed by atoms with Crippen LogP contribution in [0.15, 0.2) is 42.6 Å². The minimum Gasteiger partial charge on any atom is -0.384 e. The second-order valence-corrected chi connectivity index (χ2v) is 6.92. The van der Waals surface area contributed by atoms with Crippen LogP contribution in [0.1, 0.15) is 40.7 Å². The van der Waals surface area contributed by atoms with Crippen molar-refractivity contribution in [2.24, 2.45) is 5.92 Å². The van der Waals surface area contributed by atoms with Gasteiger partial charge in [-0.2, -0.15) is 13.2 Å². The molecular formula is C20H22F3N3O. The van der Waals surface area contributed by atoms with E-state index in [4.69, 9.17) is 5.73 Å². The van der Waals surface area contributed by atoms with E-state index in [2.05, 4.69) is 4.98 Å². The summed E-state index contributed by atoms with van der Waals surface area (Å²) in [5.74, 6) is 0.367. The van der Waals surface area contributed by atoms with Crippen LogP contribution < -0.4 is 5.73 Å². The quantitative estimate of drug-likeness (QED) is 0.870. The van der Waals surface area contributed by atoms with Crippen LogP contribution >= 0.6 is 0 Å². The predicted octanol–water partition coefficient (Wildman–Crippen LogP) is 4.17. The van der Waals surface area contributed by atoms with Gasteiger partial charge in [0.15, 0.2) is 0 Å². The highest BCUT2D eigenvalue weighted by Gasteiger charge is 2.33. The molecule has 2 N–H and O–H groups in total. The number of aryl methyl sites for hydroxylation is 1. The third-order valence-corrected chi connectivity index (χ3v) is 4.98. The van der Waals surface area contributed by atoms with Crippen LogP contribution in [0, 0.1) is 5.92 Å². The second kappa shape index (κ2) is 7.98. The SMILES string of the molecule is Nc1cc(C(=O)N2CCCC(CCc3ccccc3C(F)(F)F)C2)ccn1. The van der Waals surface area contributed by atoms with E-state index in [1.54, 1.807) is 23.1 Å². The minimum absolute atomic E-state index is 0.107. The number of anilines is 1. The molecule has 1 aromatic heterocycles. The van der Waals surface area contributed by atoms with Gasteiger partial charge >= 0.3 is 6.18 Å². The van der Waals surface area contributed by atoms with Gasteiger partial charge in [-0.1, -0.05) is 18.2 Å². The standard InChI is InChI=1S/C20H22F3N3O/c21-20(22,23)17-6-2-1-5-15(17)8-7-14-4-3-11-26(13-14)19(27)16-9-10-25-18(24)12-16/h1-2,5-6,9-10,12,14H,3-4,7-8,11,13H2,(H2,24,25). The molecule has 1 amide bonds. The fourth-order valence-corrected chi connectivity index (χ4v) is 3.62. The Morgan fingerprint density at radius 2 is 2.04 bits per heavy atom. The number of likely N-dealkylation sites (tertiary alicyclic amines) is 1. The van der Waals surface area contributed by atoms with Gasteiger partial charge in [0.1, 0.15) is 5.82 Å². The Balaban J connectivity index is 1.63. The molecule has 2 aromatic rings. The van der Waals surface area contributed by atoms with E-state index < -0.39 is 11.7 Å². The normalized spacial score (nSPS) is 17.7.